The first-order valence-corrected chi connectivity index (χ1v) is 10.4. The summed E-state index contributed by atoms with van der Waals surface area (Å²) in [5.41, 5.74) is 0.443. The standard InChI is InChI=1S/C23H26N4O4/c1-23(2,3)31-22(29)27-12-9-15(10-13-27)30-16-7-8-18-17(14-16)21(28)26-20(25-18)19-6-4-5-11-24-19/h4-8,11,14-15H,9-10,12-13H2,1-3H3,(H,25,26,28). The number of H-pyrrole nitrogens is 1. The van der Waals surface area contributed by atoms with Gasteiger partial charge in [0, 0.05) is 32.1 Å². The summed E-state index contributed by atoms with van der Waals surface area (Å²) in [7, 11) is 0. The minimum Gasteiger partial charge on any atom is -0.490 e. The van der Waals surface area contributed by atoms with E-state index >= 15 is 0 Å². The fraction of sp³-hybridized carbons (Fsp3) is 0.391. The van der Waals surface area contributed by atoms with Crippen LogP contribution in [0.4, 0.5) is 4.79 Å². The Labute approximate surface area is 180 Å². The van der Waals surface area contributed by atoms with Crippen molar-refractivity contribution in [3.8, 4) is 17.3 Å². The average molecular weight is 422 g/mol. The van der Waals surface area contributed by atoms with Crippen molar-refractivity contribution in [1.29, 1.82) is 0 Å². The van der Waals surface area contributed by atoms with E-state index < -0.39 is 5.60 Å². The number of benzene rings is 1. The van der Waals surface area contributed by atoms with Crippen molar-refractivity contribution in [1.82, 2.24) is 19.9 Å². The maximum absolute atomic E-state index is 12.6. The van der Waals surface area contributed by atoms with Crippen LogP contribution in [-0.4, -0.2) is 50.7 Å². The van der Waals surface area contributed by atoms with Crippen LogP contribution in [0, 0.1) is 0 Å². The second-order valence-corrected chi connectivity index (χ2v) is 8.59. The van der Waals surface area contributed by atoms with Gasteiger partial charge in [0.2, 0.25) is 0 Å². The van der Waals surface area contributed by atoms with E-state index in [0.717, 1.165) is 0 Å². The second kappa shape index (κ2) is 8.37. The van der Waals surface area contributed by atoms with Crippen LogP contribution in [0.1, 0.15) is 33.6 Å². The Kier molecular flexibility index (Phi) is 5.63. The van der Waals surface area contributed by atoms with Crippen LogP contribution < -0.4 is 10.3 Å². The van der Waals surface area contributed by atoms with E-state index in [0.29, 0.717) is 54.1 Å². The van der Waals surface area contributed by atoms with E-state index in [9.17, 15) is 9.59 Å². The Bertz CT molecular complexity index is 1130. The molecule has 0 aliphatic carbocycles. The molecule has 0 atom stereocenters. The summed E-state index contributed by atoms with van der Waals surface area (Å²) in [6.45, 7) is 6.72. The van der Waals surface area contributed by atoms with Gasteiger partial charge in [-0.1, -0.05) is 6.07 Å². The topological polar surface area (TPSA) is 97.4 Å². The minimum absolute atomic E-state index is 0.0315. The minimum atomic E-state index is -0.507. The summed E-state index contributed by atoms with van der Waals surface area (Å²) in [5.74, 6) is 1.04. The first-order valence-electron chi connectivity index (χ1n) is 10.4. The highest BCUT2D eigenvalue weighted by molar-refractivity contribution is 5.80. The molecule has 4 rings (SSSR count). The normalized spacial score (nSPS) is 15.1. The molecular weight excluding hydrogens is 396 g/mol. The smallest absolute Gasteiger partial charge is 0.410 e. The molecule has 1 N–H and O–H groups in total. The van der Waals surface area contributed by atoms with E-state index in [1.54, 1.807) is 29.3 Å². The fourth-order valence-electron chi connectivity index (χ4n) is 3.49. The van der Waals surface area contributed by atoms with Crippen LogP contribution in [0.15, 0.2) is 47.4 Å². The summed E-state index contributed by atoms with van der Waals surface area (Å²) in [6.07, 6.45) is 2.73. The van der Waals surface area contributed by atoms with Gasteiger partial charge in [-0.05, 0) is 51.1 Å². The molecular formula is C23H26N4O4. The zero-order valence-corrected chi connectivity index (χ0v) is 17.9. The van der Waals surface area contributed by atoms with Gasteiger partial charge < -0.3 is 19.4 Å². The molecule has 31 heavy (non-hydrogen) atoms. The number of aromatic nitrogens is 3. The number of piperidine rings is 1. The van der Waals surface area contributed by atoms with Crippen LogP contribution in [0.5, 0.6) is 5.75 Å². The molecule has 8 heteroatoms. The van der Waals surface area contributed by atoms with E-state index in [1.165, 1.54) is 0 Å². The van der Waals surface area contributed by atoms with Crippen LogP contribution in [0.3, 0.4) is 0 Å². The van der Waals surface area contributed by atoms with Gasteiger partial charge in [0.05, 0.1) is 10.9 Å². The summed E-state index contributed by atoms with van der Waals surface area (Å²) in [5, 5.41) is 0.461. The number of amides is 1. The molecule has 1 fully saturated rings. The van der Waals surface area contributed by atoms with Crippen molar-refractivity contribution in [2.75, 3.05) is 13.1 Å². The lowest BCUT2D eigenvalue weighted by Gasteiger charge is -2.33. The number of hydrogen-bond acceptors (Lipinski definition) is 6. The van der Waals surface area contributed by atoms with Crippen LogP contribution in [0.25, 0.3) is 22.4 Å². The number of nitrogens with one attached hydrogen (secondary N) is 1. The number of rotatable bonds is 3. The fourth-order valence-corrected chi connectivity index (χ4v) is 3.49. The third kappa shape index (κ3) is 5.02. The molecule has 0 spiro atoms. The molecule has 0 bridgehead atoms. The number of hydrogen-bond donors (Lipinski definition) is 1. The lowest BCUT2D eigenvalue weighted by Crippen LogP contribution is -2.44. The predicted octanol–water partition coefficient (Wildman–Crippen LogP) is 3.76. The number of pyridine rings is 1. The zero-order chi connectivity index (χ0) is 22.0. The third-order valence-electron chi connectivity index (χ3n) is 4.98. The highest BCUT2D eigenvalue weighted by Gasteiger charge is 2.27. The number of carbonyl (C=O) groups excluding carboxylic acids is 1. The van der Waals surface area contributed by atoms with Gasteiger partial charge in [0.1, 0.15) is 23.1 Å². The highest BCUT2D eigenvalue weighted by Crippen LogP contribution is 2.23. The Morgan fingerprint density at radius 2 is 1.94 bits per heavy atom. The third-order valence-corrected chi connectivity index (χ3v) is 4.98. The molecule has 0 unspecified atom stereocenters. The number of carbonyl (C=O) groups is 1. The molecule has 1 aliphatic rings. The Morgan fingerprint density at radius 3 is 2.61 bits per heavy atom. The maximum Gasteiger partial charge on any atom is 0.410 e. The summed E-state index contributed by atoms with van der Waals surface area (Å²) < 4.78 is 11.5. The second-order valence-electron chi connectivity index (χ2n) is 8.59. The molecule has 0 saturated carbocycles. The molecule has 0 radical (unpaired) electrons. The first-order chi connectivity index (χ1) is 14.8. The Balaban J connectivity index is 1.44. The molecule has 1 aromatic carbocycles. The van der Waals surface area contributed by atoms with Gasteiger partial charge in [-0.15, -0.1) is 0 Å². The van der Waals surface area contributed by atoms with E-state index in [-0.39, 0.29) is 17.8 Å². The number of nitrogens with zero attached hydrogens (tertiary/aromatic N) is 3. The number of ether oxygens (including phenoxy) is 2. The Hall–Kier alpha value is -3.42. The largest absolute Gasteiger partial charge is 0.490 e. The molecule has 3 aromatic rings. The Morgan fingerprint density at radius 1 is 1.16 bits per heavy atom. The maximum atomic E-state index is 12.6. The van der Waals surface area contributed by atoms with Gasteiger partial charge in [0.15, 0.2) is 5.82 Å². The van der Waals surface area contributed by atoms with Crippen molar-refractivity contribution in [3.05, 3.63) is 52.9 Å². The van der Waals surface area contributed by atoms with Crippen molar-refractivity contribution >= 4 is 17.0 Å². The molecule has 3 heterocycles. The van der Waals surface area contributed by atoms with E-state index in [1.807, 2.05) is 39.0 Å². The predicted molar refractivity (Wildman–Crippen MR) is 117 cm³/mol. The van der Waals surface area contributed by atoms with Gasteiger partial charge in [-0.2, -0.15) is 0 Å². The molecule has 2 aromatic heterocycles. The van der Waals surface area contributed by atoms with Crippen molar-refractivity contribution < 1.29 is 14.3 Å². The molecule has 162 valence electrons. The quantitative estimate of drug-likeness (QED) is 0.690. The molecule has 1 aliphatic heterocycles. The summed E-state index contributed by atoms with van der Waals surface area (Å²) in [6, 6.07) is 10.8. The van der Waals surface area contributed by atoms with Crippen LogP contribution >= 0.6 is 0 Å². The van der Waals surface area contributed by atoms with Crippen LogP contribution in [0.2, 0.25) is 0 Å². The monoisotopic (exact) mass is 422 g/mol. The molecule has 8 nitrogen and oxygen atoms in total. The number of fused-ring (bicyclic) bond motifs is 1. The first kappa shape index (κ1) is 20.8. The van der Waals surface area contributed by atoms with Crippen molar-refractivity contribution in [3.63, 3.8) is 0 Å². The van der Waals surface area contributed by atoms with Crippen molar-refractivity contribution in [2.24, 2.45) is 0 Å². The van der Waals surface area contributed by atoms with E-state index in [2.05, 4.69) is 15.0 Å². The number of likely N-dealkylation sites (tertiary alicyclic amines) is 1. The lowest BCUT2D eigenvalue weighted by molar-refractivity contribution is 0.0127. The average Bonchev–Trinajstić information content (AvgIpc) is 2.74. The van der Waals surface area contributed by atoms with Gasteiger partial charge in [0.25, 0.3) is 5.56 Å². The highest BCUT2D eigenvalue weighted by atomic mass is 16.6. The SMILES string of the molecule is CC(C)(C)OC(=O)N1CCC(Oc2ccc3nc(-c4ccccn4)[nH]c(=O)c3c2)CC1. The van der Waals surface area contributed by atoms with Crippen LogP contribution in [-0.2, 0) is 4.74 Å². The lowest BCUT2D eigenvalue weighted by atomic mass is 10.1. The van der Waals surface area contributed by atoms with Gasteiger partial charge in [-0.3, -0.25) is 9.78 Å². The summed E-state index contributed by atoms with van der Waals surface area (Å²) >= 11 is 0. The zero-order valence-electron chi connectivity index (χ0n) is 17.9. The molecule has 1 saturated heterocycles. The van der Waals surface area contributed by atoms with Gasteiger partial charge in [-0.25, -0.2) is 9.78 Å². The number of aromatic amines is 1. The van der Waals surface area contributed by atoms with E-state index in [4.69, 9.17) is 9.47 Å². The van der Waals surface area contributed by atoms with Gasteiger partial charge >= 0.3 is 6.09 Å². The van der Waals surface area contributed by atoms with Crippen molar-refractivity contribution in [2.45, 2.75) is 45.3 Å². The summed E-state index contributed by atoms with van der Waals surface area (Å²) in [4.78, 5) is 38.1. The molecule has 1 amide bonds.